The van der Waals surface area contributed by atoms with Gasteiger partial charge in [-0.1, -0.05) is 0 Å². The first-order chi connectivity index (χ1) is 9.79. The number of nitrogens with one attached hydrogen (secondary N) is 2. The van der Waals surface area contributed by atoms with Crippen molar-refractivity contribution in [3.8, 4) is 0 Å². The SMILES string of the molecule is CN(CC(=O)NC1CC1)C(=O)N[C@@H](CCC(=O)O)C(=O)O. The zero-order valence-electron chi connectivity index (χ0n) is 11.7. The van der Waals surface area contributed by atoms with E-state index in [2.05, 4.69) is 10.6 Å². The van der Waals surface area contributed by atoms with Gasteiger partial charge in [0.1, 0.15) is 12.6 Å². The first-order valence-corrected chi connectivity index (χ1v) is 6.55. The Morgan fingerprint density at radius 1 is 1.24 bits per heavy atom. The van der Waals surface area contributed by atoms with Gasteiger partial charge in [-0.3, -0.25) is 9.59 Å². The lowest BCUT2D eigenvalue weighted by Gasteiger charge is -2.20. The Balaban J connectivity index is 2.41. The summed E-state index contributed by atoms with van der Waals surface area (Å²) >= 11 is 0. The number of amides is 3. The Morgan fingerprint density at radius 3 is 2.33 bits per heavy atom. The van der Waals surface area contributed by atoms with Gasteiger partial charge in [0.15, 0.2) is 0 Å². The molecule has 21 heavy (non-hydrogen) atoms. The third-order valence-electron chi connectivity index (χ3n) is 2.91. The number of carboxylic acid groups (broad SMARTS) is 2. The Labute approximate surface area is 121 Å². The molecule has 0 unspecified atom stereocenters. The van der Waals surface area contributed by atoms with Gasteiger partial charge in [-0.15, -0.1) is 0 Å². The third kappa shape index (κ3) is 6.59. The molecule has 4 N–H and O–H groups in total. The van der Waals surface area contributed by atoms with Crippen LogP contribution >= 0.6 is 0 Å². The molecule has 9 heteroatoms. The fraction of sp³-hybridized carbons (Fsp3) is 0.667. The topological polar surface area (TPSA) is 136 Å². The van der Waals surface area contributed by atoms with Crippen LogP contribution in [-0.4, -0.2) is 64.7 Å². The van der Waals surface area contributed by atoms with E-state index in [0.717, 1.165) is 17.7 Å². The Hall–Kier alpha value is -2.32. The largest absolute Gasteiger partial charge is 0.481 e. The molecule has 1 atom stereocenters. The highest BCUT2D eigenvalue weighted by Gasteiger charge is 2.26. The molecule has 0 aliphatic heterocycles. The number of hydrogen-bond acceptors (Lipinski definition) is 4. The van der Waals surface area contributed by atoms with Crippen molar-refractivity contribution < 1.29 is 29.4 Å². The van der Waals surface area contributed by atoms with E-state index in [4.69, 9.17) is 10.2 Å². The molecule has 1 aliphatic rings. The molecule has 0 heterocycles. The molecule has 0 spiro atoms. The van der Waals surface area contributed by atoms with E-state index in [1.807, 2.05) is 0 Å². The fourth-order valence-corrected chi connectivity index (χ4v) is 1.57. The standard InChI is InChI=1S/C12H19N3O6/c1-15(6-9(16)13-7-2-3-7)12(21)14-8(11(19)20)4-5-10(17)18/h7-8H,2-6H2,1H3,(H,13,16)(H,14,21)(H,17,18)(H,19,20)/t8-/m0/s1. The summed E-state index contributed by atoms with van der Waals surface area (Å²) < 4.78 is 0. The summed E-state index contributed by atoms with van der Waals surface area (Å²) in [6.45, 7) is -0.187. The van der Waals surface area contributed by atoms with Crippen LogP contribution in [0, 0.1) is 0 Å². The van der Waals surface area contributed by atoms with Gasteiger partial charge in [-0.05, 0) is 19.3 Å². The van der Waals surface area contributed by atoms with Crippen LogP contribution in [0.25, 0.3) is 0 Å². The van der Waals surface area contributed by atoms with E-state index in [-0.39, 0.29) is 31.3 Å². The lowest BCUT2D eigenvalue weighted by molar-refractivity contribution is -0.140. The molecule has 118 valence electrons. The highest BCUT2D eigenvalue weighted by molar-refractivity contribution is 5.86. The molecular weight excluding hydrogens is 282 g/mol. The van der Waals surface area contributed by atoms with E-state index in [1.54, 1.807) is 0 Å². The van der Waals surface area contributed by atoms with Gasteiger partial charge >= 0.3 is 18.0 Å². The molecular formula is C12H19N3O6. The Morgan fingerprint density at radius 2 is 1.86 bits per heavy atom. The van der Waals surface area contributed by atoms with Crippen molar-refractivity contribution in [3.05, 3.63) is 0 Å². The number of urea groups is 1. The fourth-order valence-electron chi connectivity index (χ4n) is 1.57. The molecule has 9 nitrogen and oxygen atoms in total. The maximum absolute atomic E-state index is 11.8. The number of carbonyl (C=O) groups is 4. The first-order valence-electron chi connectivity index (χ1n) is 6.55. The molecule has 1 fully saturated rings. The van der Waals surface area contributed by atoms with Crippen LogP contribution < -0.4 is 10.6 Å². The summed E-state index contributed by atoms with van der Waals surface area (Å²) in [7, 11) is 1.36. The summed E-state index contributed by atoms with van der Waals surface area (Å²) in [5, 5.41) is 22.3. The van der Waals surface area contributed by atoms with Crippen LogP contribution in [0.4, 0.5) is 4.79 Å². The third-order valence-corrected chi connectivity index (χ3v) is 2.91. The molecule has 1 aliphatic carbocycles. The molecule has 0 aromatic carbocycles. The number of carboxylic acids is 2. The number of rotatable bonds is 8. The van der Waals surface area contributed by atoms with Gasteiger partial charge in [0.25, 0.3) is 0 Å². The summed E-state index contributed by atoms with van der Waals surface area (Å²) in [6.07, 6.45) is 1.26. The average Bonchev–Trinajstić information content (AvgIpc) is 3.16. The molecule has 0 aromatic heterocycles. The Kier molecular flexibility index (Phi) is 5.94. The number of aliphatic carboxylic acids is 2. The number of nitrogens with zero attached hydrogens (tertiary/aromatic N) is 1. The summed E-state index contributed by atoms with van der Waals surface area (Å²) in [5.74, 6) is -2.78. The van der Waals surface area contributed by atoms with Gasteiger partial charge in [0, 0.05) is 19.5 Å². The normalized spacial score (nSPS) is 14.9. The van der Waals surface area contributed by atoms with E-state index in [1.165, 1.54) is 7.05 Å². The molecule has 0 saturated heterocycles. The first kappa shape index (κ1) is 16.7. The number of hydrogen-bond donors (Lipinski definition) is 4. The summed E-state index contributed by atoms with van der Waals surface area (Å²) in [6, 6.07) is -1.86. The van der Waals surface area contributed by atoms with Crippen molar-refractivity contribution in [1.82, 2.24) is 15.5 Å². The monoisotopic (exact) mass is 301 g/mol. The van der Waals surface area contributed by atoms with Gasteiger partial charge < -0.3 is 25.7 Å². The number of likely N-dealkylation sites (N-methyl/N-ethyl adjacent to an activating group) is 1. The van der Waals surface area contributed by atoms with Crippen LogP contribution in [0.2, 0.25) is 0 Å². The smallest absolute Gasteiger partial charge is 0.326 e. The van der Waals surface area contributed by atoms with E-state index in [0.29, 0.717) is 0 Å². The molecule has 1 rings (SSSR count). The second-order valence-electron chi connectivity index (χ2n) is 4.97. The van der Waals surface area contributed by atoms with Gasteiger partial charge in [0.2, 0.25) is 5.91 Å². The minimum absolute atomic E-state index is 0.177. The minimum atomic E-state index is -1.32. The zero-order valence-corrected chi connectivity index (χ0v) is 11.7. The average molecular weight is 301 g/mol. The van der Waals surface area contributed by atoms with E-state index < -0.39 is 24.0 Å². The highest BCUT2D eigenvalue weighted by Crippen LogP contribution is 2.18. The van der Waals surface area contributed by atoms with Crippen molar-refractivity contribution in [1.29, 1.82) is 0 Å². The Bertz CT molecular complexity index is 435. The van der Waals surface area contributed by atoms with Crippen molar-refractivity contribution >= 4 is 23.9 Å². The molecule has 0 radical (unpaired) electrons. The van der Waals surface area contributed by atoms with Crippen LogP contribution in [-0.2, 0) is 14.4 Å². The van der Waals surface area contributed by atoms with Crippen LogP contribution in [0.5, 0.6) is 0 Å². The van der Waals surface area contributed by atoms with Crippen molar-refractivity contribution in [2.45, 2.75) is 37.8 Å². The van der Waals surface area contributed by atoms with Crippen molar-refractivity contribution in [2.24, 2.45) is 0 Å². The highest BCUT2D eigenvalue weighted by atomic mass is 16.4. The predicted octanol–water partition coefficient (Wildman–Crippen LogP) is -0.776. The molecule has 1 saturated carbocycles. The van der Waals surface area contributed by atoms with Crippen LogP contribution in [0.3, 0.4) is 0 Å². The van der Waals surface area contributed by atoms with Crippen LogP contribution in [0.15, 0.2) is 0 Å². The van der Waals surface area contributed by atoms with Crippen molar-refractivity contribution in [3.63, 3.8) is 0 Å². The second-order valence-corrected chi connectivity index (χ2v) is 4.97. The number of carbonyl (C=O) groups excluding carboxylic acids is 2. The lowest BCUT2D eigenvalue weighted by Crippen LogP contribution is -2.49. The molecule has 0 bridgehead atoms. The summed E-state index contributed by atoms with van der Waals surface area (Å²) in [4.78, 5) is 45.7. The lowest BCUT2D eigenvalue weighted by atomic mass is 10.1. The van der Waals surface area contributed by atoms with E-state index >= 15 is 0 Å². The summed E-state index contributed by atoms with van der Waals surface area (Å²) in [5.41, 5.74) is 0. The van der Waals surface area contributed by atoms with Gasteiger partial charge in [-0.2, -0.15) is 0 Å². The molecule has 0 aromatic rings. The van der Waals surface area contributed by atoms with Gasteiger partial charge in [0.05, 0.1) is 0 Å². The second kappa shape index (κ2) is 7.46. The van der Waals surface area contributed by atoms with Crippen LogP contribution in [0.1, 0.15) is 25.7 Å². The van der Waals surface area contributed by atoms with E-state index in [9.17, 15) is 19.2 Å². The zero-order chi connectivity index (χ0) is 16.0. The maximum Gasteiger partial charge on any atom is 0.326 e. The quantitative estimate of drug-likeness (QED) is 0.464. The van der Waals surface area contributed by atoms with Gasteiger partial charge in [-0.25, -0.2) is 9.59 Å². The predicted molar refractivity (Wildman–Crippen MR) is 70.6 cm³/mol. The maximum atomic E-state index is 11.8. The molecule has 3 amide bonds. The van der Waals surface area contributed by atoms with Crippen molar-refractivity contribution in [2.75, 3.05) is 13.6 Å². The minimum Gasteiger partial charge on any atom is -0.481 e.